The number of hydroxylamine groups is 1. The summed E-state index contributed by atoms with van der Waals surface area (Å²) >= 11 is 0. The lowest BCUT2D eigenvalue weighted by Gasteiger charge is -2.27. The number of carboxylic acids is 1. The minimum Gasteiger partial charge on any atom is -0.480 e. The van der Waals surface area contributed by atoms with Crippen molar-refractivity contribution in [2.75, 3.05) is 13.2 Å². The fourth-order valence-electron chi connectivity index (χ4n) is 0.840. The largest absolute Gasteiger partial charge is 0.480 e. The van der Waals surface area contributed by atoms with Crippen molar-refractivity contribution in [3.05, 3.63) is 0 Å². The van der Waals surface area contributed by atoms with Crippen LogP contribution in [-0.2, 0) is 19.7 Å². The quantitative estimate of drug-likeness (QED) is 0.680. The van der Waals surface area contributed by atoms with Gasteiger partial charge in [0, 0.05) is 6.54 Å². The minimum absolute atomic E-state index is 0.0763. The number of rotatable bonds is 6. The van der Waals surface area contributed by atoms with E-state index in [4.69, 9.17) is 9.94 Å². The molecule has 0 aromatic carbocycles. The van der Waals surface area contributed by atoms with E-state index in [1.165, 1.54) is 0 Å². The number of carbonyl (C=O) groups is 1. The van der Waals surface area contributed by atoms with Gasteiger partial charge in [-0.3, -0.25) is 9.63 Å². The van der Waals surface area contributed by atoms with Crippen LogP contribution < -0.4 is 0 Å². The van der Waals surface area contributed by atoms with Gasteiger partial charge in [-0.2, -0.15) is 0 Å². The van der Waals surface area contributed by atoms with E-state index in [9.17, 15) is 13.2 Å². The molecule has 0 aromatic heterocycles. The predicted molar refractivity (Wildman–Crippen MR) is 54.6 cm³/mol. The summed E-state index contributed by atoms with van der Waals surface area (Å²) in [6.07, 6.45) is 0. The SMILES string of the molecule is CCON(CC)S(=O)(=O)C(C)(C)C(=O)O. The highest BCUT2D eigenvalue weighted by molar-refractivity contribution is 7.91. The highest BCUT2D eigenvalue weighted by Gasteiger charge is 2.46. The van der Waals surface area contributed by atoms with E-state index in [2.05, 4.69) is 0 Å². The molecule has 0 bridgehead atoms. The zero-order chi connectivity index (χ0) is 12.3. The van der Waals surface area contributed by atoms with Crippen LogP contribution in [-0.4, -0.2) is 41.9 Å². The van der Waals surface area contributed by atoms with E-state index < -0.39 is 20.7 Å². The Bertz CT molecular complexity index is 322. The van der Waals surface area contributed by atoms with Gasteiger partial charge >= 0.3 is 5.97 Å². The van der Waals surface area contributed by atoms with Crippen LogP contribution in [0.1, 0.15) is 27.7 Å². The van der Waals surface area contributed by atoms with E-state index in [0.29, 0.717) is 4.47 Å². The standard InChI is InChI=1S/C8H17NO5S/c1-5-9(14-6-2)15(12,13)8(3,4)7(10)11/h5-6H2,1-4H3,(H,10,11). The first-order chi connectivity index (χ1) is 6.71. The minimum atomic E-state index is -4.00. The van der Waals surface area contributed by atoms with Gasteiger partial charge in [0.25, 0.3) is 10.0 Å². The fraction of sp³-hybridized carbons (Fsp3) is 0.875. The number of hydrogen-bond acceptors (Lipinski definition) is 4. The molecule has 0 spiro atoms. The molecule has 0 aromatic rings. The summed E-state index contributed by atoms with van der Waals surface area (Å²) in [5.74, 6) is -1.40. The highest BCUT2D eigenvalue weighted by Crippen LogP contribution is 2.21. The molecule has 0 rings (SSSR count). The normalized spacial score (nSPS) is 13.1. The second kappa shape index (κ2) is 4.91. The Labute approximate surface area is 89.8 Å². The Morgan fingerprint density at radius 3 is 2.13 bits per heavy atom. The molecule has 15 heavy (non-hydrogen) atoms. The molecule has 0 radical (unpaired) electrons. The maximum absolute atomic E-state index is 11.8. The van der Waals surface area contributed by atoms with E-state index in [-0.39, 0.29) is 13.2 Å². The third kappa shape index (κ3) is 2.67. The second-order valence-corrected chi connectivity index (χ2v) is 5.74. The van der Waals surface area contributed by atoms with Crippen LogP contribution in [0.2, 0.25) is 0 Å². The van der Waals surface area contributed by atoms with Gasteiger partial charge in [0.1, 0.15) is 0 Å². The molecule has 0 amide bonds. The van der Waals surface area contributed by atoms with Gasteiger partial charge in [-0.05, 0) is 27.7 Å². The number of carboxylic acid groups (broad SMARTS) is 1. The van der Waals surface area contributed by atoms with Gasteiger partial charge in [-0.25, -0.2) is 8.42 Å². The lowest BCUT2D eigenvalue weighted by molar-refractivity contribution is -0.140. The van der Waals surface area contributed by atoms with Crippen molar-refractivity contribution in [3.8, 4) is 0 Å². The van der Waals surface area contributed by atoms with Crippen molar-refractivity contribution in [3.63, 3.8) is 0 Å². The first kappa shape index (κ1) is 14.3. The maximum atomic E-state index is 11.8. The van der Waals surface area contributed by atoms with Crippen molar-refractivity contribution in [2.24, 2.45) is 0 Å². The molecule has 6 nitrogen and oxygen atoms in total. The molecule has 0 aliphatic rings. The summed E-state index contributed by atoms with van der Waals surface area (Å²) in [5.41, 5.74) is 0. The van der Waals surface area contributed by atoms with Gasteiger partial charge in [0.2, 0.25) is 0 Å². The zero-order valence-corrected chi connectivity index (χ0v) is 10.2. The molecule has 0 aliphatic carbocycles. The van der Waals surface area contributed by atoms with Crippen LogP contribution in [0.4, 0.5) is 0 Å². The average Bonchev–Trinajstić information content (AvgIpc) is 2.13. The van der Waals surface area contributed by atoms with Crippen LogP contribution in [0.25, 0.3) is 0 Å². The molecule has 0 saturated heterocycles. The molecular weight excluding hydrogens is 222 g/mol. The van der Waals surface area contributed by atoms with Gasteiger partial charge in [0.05, 0.1) is 6.61 Å². The van der Waals surface area contributed by atoms with Crippen LogP contribution in [0.5, 0.6) is 0 Å². The Hall–Kier alpha value is -0.660. The van der Waals surface area contributed by atoms with Crippen LogP contribution in [0.15, 0.2) is 0 Å². The molecule has 0 atom stereocenters. The molecule has 0 saturated carbocycles. The maximum Gasteiger partial charge on any atom is 0.325 e. The number of sulfonamides is 1. The number of hydrogen-bond donors (Lipinski definition) is 1. The second-order valence-electron chi connectivity index (χ2n) is 3.36. The van der Waals surface area contributed by atoms with Gasteiger partial charge < -0.3 is 5.11 Å². The fourth-order valence-corrected chi connectivity index (χ4v) is 2.15. The van der Waals surface area contributed by atoms with Gasteiger partial charge in [0.15, 0.2) is 4.75 Å². The Kier molecular flexibility index (Phi) is 4.69. The van der Waals surface area contributed by atoms with E-state index in [0.717, 1.165) is 13.8 Å². The van der Waals surface area contributed by atoms with Crippen LogP contribution in [0.3, 0.4) is 0 Å². The topological polar surface area (TPSA) is 83.9 Å². The molecule has 90 valence electrons. The van der Waals surface area contributed by atoms with E-state index >= 15 is 0 Å². The first-order valence-electron chi connectivity index (χ1n) is 4.60. The third-order valence-corrected chi connectivity index (χ3v) is 4.32. The molecular formula is C8H17NO5S. The molecule has 0 heterocycles. The third-order valence-electron chi connectivity index (χ3n) is 1.96. The summed E-state index contributed by atoms with van der Waals surface area (Å²) in [4.78, 5) is 15.7. The lowest BCUT2D eigenvalue weighted by atomic mass is 10.2. The first-order valence-corrected chi connectivity index (χ1v) is 6.04. The molecule has 0 unspecified atom stereocenters. The van der Waals surface area contributed by atoms with Crippen LogP contribution in [0, 0.1) is 0 Å². The highest BCUT2D eigenvalue weighted by atomic mass is 32.2. The summed E-state index contributed by atoms with van der Waals surface area (Å²) < 4.78 is 22.5. The van der Waals surface area contributed by atoms with E-state index in [1.807, 2.05) is 0 Å². The number of aliphatic carboxylic acids is 1. The molecule has 0 fully saturated rings. The zero-order valence-electron chi connectivity index (χ0n) is 9.35. The van der Waals surface area contributed by atoms with Crippen molar-refractivity contribution in [1.82, 2.24) is 4.47 Å². The Morgan fingerprint density at radius 2 is 1.87 bits per heavy atom. The molecule has 0 aliphatic heterocycles. The summed E-state index contributed by atoms with van der Waals surface area (Å²) in [6, 6.07) is 0. The monoisotopic (exact) mass is 239 g/mol. The molecule has 7 heteroatoms. The summed E-state index contributed by atoms with van der Waals surface area (Å²) in [6.45, 7) is 5.71. The van der Waals surface area contributed by atoms with Gasteiger partial charge in [-0.15, -0.1) is 0 Å². The average molecular weight is 239 g/mol. The van der Waals surface area contributed by atoms with E-state index in [1.54, 1.807) is 13.8 Å². The lowest BCUT2D eigenvalue weighted by Crippen LogP contribution is -2.49. The smallest absolute Gasteiger partial charge is 0.325 e. The summed E-state index contributed by atoms with van der Waals surface area (Å²) in [7, 11) is -4.00. The van der Waals surface area contributed by atoms with Crippen molar-refractivity contribution in [1.29, 1.82) is 0 Å². The van der Waals surface area contributed by atoms with Crippen molar-refractivity contribution < 1.29 is 23.2 Å². The Balaban J connectivity index is 5.19. The summed E-state index contributed by atoms with van der Waals surface area (Å²) in [5, 5.41) is 8.83. The number of nitrogens with zero attached hydrogens (tertiary/aromatic N) is 1. The van der Waals surface area contributed by atoms with Gasteiger partial charge in [-0.1, -0.05) is 4.47 Å². The predicted octanol–water partition coefficient (Wildman–Crippen LogP) is 0.453. The van der Waals surface area contributed by atoms with Crippen molar-refractivity contribution in [2.45, 2.75) is 32.4 Å². The Morgan fingerprint density at radius 1 is 1.40 bits per heavy atom. The van der Waals surface area contributed by atoms with Crippen LogP contribution >= 0.6 is 0 Å². The molecule has 1 N–H and O–H groups in total. The van der Waals surface area contributed by atoms with Crippen molar-refractivity contribution >= 4 is 16.0 Å².